The van der Waals surface area contributed by atoms with Gasteiger partial charge in [-0.25, -0.2) is 0 Å². The fraction of sp³-hybridized carbons (Fsp3) is 0.114. The molecule has 0 atom stereocenters. The van der Waals surface area contributed by atoms with E-state index in [4.69, 9.17) is 9.47 Å². The van der Waals surface area contributed by atoms with Gasteiger partial charge in [-0.1, -0.05) is 36.4 Å². The van der Waals surface area contributed by atoms with Crippen molar-refractivity contribution in [1.82, 2.24) is 10.6 Å². The highest BCUT2D eigenvalue weighted by molar-refractivity contribution is 8.00. The zero-order valence-electron chi connectivity index (χ0n) is 25.6. The van der Waals surface area contributed by atoms with Gasteiger partial charge in [0.05, 0.1) is 32.1 Å². The van der Waals surface area contributed by atoms with E-state index in [1.165, 1.54) is 37.1 Å². The summed E-state index contributed by atoms with van der Waals surface area (Å²) in [6.45, 7) is 0. The van der Waals surface area contributed by atoms with Crippen LogP contribution in [0.5, 0.6) is 11.5 Å². The molecule has 0 radical (unpaired) electrons. The molecule has 4 amide bonds. The largest absolute Gasteiger partial charge is 0.497 e. The fourth-order valence-electron chi connectivity index (χ4n) is 4.50. The molecule has 0 saturated heterocycles. The van der Waals surface area contributed by atoms with Crippen molar-refractivity contribution in [3.63, 3.8) is 0 Å². The second-order valence-electron chi connectivity index (χ2n) is 10.1. The number of anilines is 2. The van der Waals surface area contributed by atoms with Crippen LogP contribution < -0.4 is 30.4 Å². The summed E-state index contributed by atoms with van der Waals surface area (Å²) in [5.74, 6) is -0.136. The molecule has 238 valence electrons. The van der Waals surface area contributed by atoms with Gasteiger partial charge in [0, 0.05) is 21.7 Å². The number of carbonyl (C=O) groups is 4. The molecule has 5 rings (SSSR count). The first kappa shape index (κ1) is 32.5. The fourth-order valence-corrected chi connectivity index (χ4v) is 5.20. The smallest absolute Gasteiger partial charge is 0.272 e. The summed E-state index contributed by atoms with van der Waals surface area (Å²) in [4.78, 5) is 52.2. The Morgan fingerprint density at radius 1 is 0.872 bits per heavy atom. The molecule has 0 fully saturated rings. The van der Waals surface area contributed by atoms with Crippen molar-refractivity contribution in [2.24, 2.45) is 5.10 Å². The van der Waals surface area contributed by atoms with Crippen LogP contribution in [0.25, 0.3) is 6.08 Å². The summed E-state index contributed by atoms with van der Waals surface area (Å²) in [5, 5.41) is 13.7. The van der Waals surface area contributed by atoms with Crippen LogP contribution >= 0.6 is 11.8 Å². The lowest BCUT2D eigenvalue weighted by molar-refractivity contribution is -0.117. The SMILES string of the molecule is COc1ccc(OC)c(/C=C(\NC(=O)c2ccccc2)C(=O)Nc2ccc(SCC(=O)NC3=NN(c4ccccc4)C(=O)C3)cc2)c1. The van der Waals surface area contributed by atoms with Gasteiger partial charge >= 0.3 is 0 Å². The second kappa shape index (κ2) is 15.4. The number of carbonyl (C=O) groups excluding carboxylic acids is 4. The molecule has 11 nitrogen and oxygen atoms in total. The molecule has 0 aliphatic carbocycles. The van der Waals surface area contributed by atoms with Crippen LogP contribution in [-0.4, -0.2) is 49.4 Å². The molecule has 3 N–H and O–H groups in total. The van der Waals surface area contributed by atoms with Gasteiger partial charge in [-0.15, -0.1) is 11.8 Å². The van der Waals surface area contributed by atoms with Gasteiger partial charge in [0.2, 0.25) is 5.91 Å². The zero-order chi connectivity index (χ0) is 33.2. The molecule has 4 aromatic carbocycles. The first-order valence-electron chi connectivity index (χ1n) is 14.4. The van der Waals surface area contributed by atoms with Crippen molar-refractivity contribution >= 4 is 58.7 Å². The minimum absolute atomic E-state index is 0.00648. The van der Waals surface area contributed by atoms with Crippen molar-refractivity contribution < 1.29 is 28.7 Å². The number of methoxy groups -OCH3 is 2. The summed E-state index contributed by atoms with van der Waals surface area (Å²) >= 11 is 1.29. The first-order valence-corrected chi connectivity index (χ1v) is 15.4. The molecule has 0 saturated carbocycles. The van der Waals surface area contributed by atoms with Crippen LogP contribution in [0.3, 0.4) is 0 Å². The monoisotopic (exact) mass is 649 g/mol. The average molecular weight is 650 g/mol. The van der Waals surface area contributed by atoms with Gasteiger partial charge in [0.1, 0.15) is 23.0 Å². The number of amidine groups is 1. The van der Waals surface area contributed by atoms with Crippen molar-refractivity contribution in [1.29, 1.82) is 0 Å². The first-order chi connectivity index (χ1) is 22.8. The van der Waals surface area contributed by atoms with Gasteiger partial charge in [-0.3, -0.25) is 19.2 Å². The topological polar surface area (TPSA) is 138 Å². The number of hydrogen-bond donors (Lipinski definition) is 3. The maximum atomic E-state index is 13.5. The van der Waals surface area contributed by atoms with Crippen molar-refractivity contribution in [3.8, 4) is 11.5 Å². The maximum absolute atomic E-state index is 13.5. The summed E-state index contributed by atoms with van der Waals surface area (Å²) in [7, 11) is 3.04. The predicted octanol–water partition coefficient (Wildman–Crippen LogP) is 5.07. The minimum Gasteiger partial charge on any atom is -0.497 e. The van der Waals surface area contributed by atoms with E-state index in [9.17, 15) is 19.2 Å². The van der Waals surface area contributed by atoms with E-state index in [-0.39, 0.29) is 35.5 Å². The second-order valence-corrected chi connectivity index (χ2v) is 11.1. The van der Waals surface area contributed by atoms with Crippen molar-refractivity contribution in [2.45, 2.75) is 11.3 Å². The number of para-hydroxylation sites is 1. The number of hydrogen-bond acceptors (Lipinski definition) is 8. The quantitative estimate of drug-likeness (QED) is 0.152. The molecule has 1 aliphatic heterocycles. The molecular weight excluding hydrogens is 618 g/mol. The van der Waals surface area contributed by atoms with E-state index in [1.807, 2.05) is 6.07 Å². The summed E-state index contributed by atoms with van der Waals surface area (Å²) in [6.07, 6.45) is 1.52. The maximum Gasteiger partial charge on any atom is 0.272 e. The third-order valence-corrected chi connectivity index (χ3v) is 7.82. The van der Waals surface area contributed by atoms with Gasteiger partial charge < -0.3 is 25.4 Å². The average Bonchev–Trinajstić information content (AvgIpc) is 3.47. The van der Waals surface area contributed by atoms with E-state index in [0.717, 1.165) is 4.90 Å². The lowest BCUT2D eigenvalue weighted by Gasteiger charge is -2.13. The Kier molecular flexibility index (Phi) is 10.7. The highest BCUT2D eigenvalue weighted by Crippen LogP contribution is 2.27. The molecule has 0 spiro atoms. The minimum atomic E-state index is -0.560. The number of ether oxygens (including phenoxy) is 2. The molecule has 47 heavy (non-hydrogen) atoms. The van der Waals surface area contributed by atoms with Crippen LogP contribution in [-0.2, 0) is 14.4 Å². The van der Waals surface area contributed by atoms with E-state index in [0.29, 0.717) is 34.0 Å². The Bertz CT molecular complexity index is 1830. The molecule has 0 aromatic heterocycles. The van der Waals surface area contributed by atoms with Gasteiger partial charge in [0.15, 0.2) is 0 Å². The lowest BCUT2D eigenvalue weighted by atomic mass is 10.1. The molecule has 12 heteroatoms. The van der Waals surface area contributed by atoms with Crippen LogP contribution in [0, 0.1) is 0 Å². The normalized spacial score (nSPS) is 12.6. The number of thioether (sulfide) groups is 1. The van der Waals surface area contributed by atoms with Gasteiger partial charge in [-0.2, -0.15) is 10.1 Å². The Balaban J connectivity index is 1.23. The lowest BCUT2D eigenvalue weighted by Crippen LogP contribution is -2.31. The highest BCUT2D eigenvalue weighted by Gasteiger charge is 2.26. The summed E-state index contributed by atoms with van der Waals surface area (Å²) in [6, 6.07) is 29.6. The van der Waals surface area contributed by atoms with E-state index in [1.54, 1.807) is 97.1 Å². The third kappa shape index (κ3) is 8.65. The Hall–Kier alpha value is -5.88. The number of nitrogens with zero attached hydrogens (tertiary/aromatic N) is 2. The number of benzene rings is 4. The Morgan fingerprint density at radius 3 is 2.26 bits per heavy atom. The van der Waals surface area contributed by atoms with Crippen molar-refractivity contribution in [3.05, 3.63) is 120 Å². The summed E-state index contributed by atoms with van der Waals surface area (Å²) < 4.78 is 10.8. The number of hydrazone groups is 1. The molecular formula is C35H31N5O6S. The van der Waals surface area contributed by atoms with Crippen LogP contribution in [0.15, 0.2) is 119 Å². The Labute approximate surface area is 275 Å². The van der Waals surface area contributed by atoms with E-state index < -0.39 is 11.8 Å². The number of rotatable bonds is 11. The van der Waals surface area contributed by atoms with E-state index >= 15 is 0 Å². The van der Waals surface area contributed by atoms with Crippen LogP contribution in [0.2, 0.25) is 0 Å². The molecule has 0 bridgehead atoms. The van der Waals surface area contributed by atoms with Gasteiger partial charge in [-0.05, 0) is 72.8 Å². The molecule has 1 aliphatic rings. The van der Waals surface area contributed by atoms with Gasteiger partial charge in [0.25, 0.3) is 17.7 Å². The number of nitrogens with one attached hydrogen (secondary N) is 3. The molecule has 0 unspecified atom stereocenters. The molecule has 4 aromatic rings. The third-order valence-electron chi connectivity index (χ3n) is 6.81. The summed E-state index contributed by atoms with van der Waals surface area (Å²) in [5.41, 5.74) is 2.00. The highest BCUT2D eigenvalue weighted by atomic mass is 32.2. The standard InChI is InChI=1S/C35H31N5O6S/c1-45-27-15-18-30(46-2)24(19-27)20-29(37-34(43)23-9-5-3-6-10-23)35(44)36-25-13-16-28(17-14-25)47-22-32(41)38-31-21-33(42)40(39-31)26-11-7-4-8-12-26/h3-20H,21-22H2,1-2H3,(H,36,44)(H,37,43)(H,38,39,41)/b29-20-. The van der Waals surface area contributed by atoms with Crippen molar-refractivity contribution in [2.75, 3.05) is 30.3 Å². The van der Waals surface area contributed by atoms with Crippen LogP contribution in [0.1, 0.15) is 22.3 Å². The number of amides is 4. The predicted molar refractivity (Wildman–Crippen MR) is 181 cm³/mol. The Morgan fingerprint density at radius 2 is 1.57 bits per heavy atom. The van der Waals surface area contributed by atoms with E-state index in [2.05, 4.69) is 21.1 Å². The zero-order valence-corrected chi connectivity index (χ0v) is 26.4. The molecule has 1 heterocycles. The van der Waals surface area contributed by atoms with Crippen LogP contribution in [0.4, 0.5) is 11.4 Å².